The molecule has 0 bridgehead atoms. The van der Waals surface area contributed by atoms with Gasteiger partial charge in [0.25, 0.3) is 0 Å². The quantitative estimate of drug-likeness (QED) is 0.843. The van der Waals surface area contributed by atoms with Crippen LogP contribution in [0.1, 0.15) is 18.1 Å². The molecule has 16 heavy (non-hydrogen) atoms. The average Bonchev–Trinajstić information content (AvgIpc) is 2.24. The number of rotatable bonds is 4. The minimum atomic E-state index is -1.09. The Bertz CT molecular complexity index is 439. The van der Waals surface area contributed by atoms with Crippen LogP contribution in [0.2, 0.25) is 0 Å². The molecule has 4 nitrogen and oxygen atoms in total. The summed E-state index contributed by atoms with van der Waals surface area (Å²) in [5.74, 6) is -1.63. The fourth-order valence-electron chi connectivity index (χ4n) is 1.09. The highest BCUT2D eigenvalue weighted by atomic mass is 19.1. The Morgan fingerprint density at radius 2 is 2.31 bits per heavy atom. The molecular weight excluding hydrogens is 213 g/mol. The van der Waals surface area contributed by atoms with Gasteiger partial charge in [0.1, 0.15) is 5.82 Å². The van der Waals surface area contributed by atoms with Crippen LogP contribution in [0, 0.1) is 17.1 Å². The van der Waals surface area contributed by atoms with Crippen LogP contribution >= 0.6 is 0 Å². The second kappa shape index (κ2) is 5.24. The largest absolute Gasteiger partial charge is 0.479 e. The minimum Gasteiger partial charge on any atom is -0.479 e. The van der Waals surface area contributed by atoms with Crippen molar-refractivity contribution in [2.24, 2.45) is 0 Å². The average molecular weight is 223 g/mol. The number of carboxylic acid groups (broad SMARTS) is 1. The number of hydrogen-bond acceptors (Lipinski definition) is 3. The summed E-state index contributed by atoms with van der Waals surface area (Å²) in [6.07, 6.45) is -0.964. The zero-order valence-electron chi connectivity index (χ0n) is 8.61. The lowest BCUT2D eigenvalue weighted by atomic mass is 10.1. The molecule has 0 fully saturated rings. The first kappa shape index (κ1) is 12.1. The van der Waals surface area contributed by atoms with Crippen molar-refractivity contribution in [3.63, 3.8) is 0 Å². The third-order valence-electron chi connectivity index (χ3n) is 1.93. The SMILES string of the molecule is C[C@H](OCc1cc(F)cc(C#N)c1)C(=O)O. The van der Waals surface area contributed by atoms with Gasteiger partial charge in [-0.05, 0) is 30.7 Å². The molecule has 0 unspecified atom stereocenters. The van der Waals surface area contributed by atoms with Crippen molar-refractivity contribution in [3.8, 4) is 6.07 Å². The third kappa shape index (κ3) is 3.33. The maximum Gasteiger partial charge on any atom is 0.332 e. The molecule has 0 aliphatic heterocycles. The van der Waals surface area contributed by atoms with Crippen LogP contribution in [-0.4, -0.2) is 17.2 Å². The van der Waals surface area contributed by atoms with Gasteiger partial charge in [-0.2, -0.15) is 5.26 Å². The molecule has 0 aromatic heterocycles. The van der Waals surface area contributed by atoms with Gasteiger partial charge < -0.3 is 9.84 Å². The molecule has 0 saturated carbocycles. The van der Waals surface area contributed by atoms with Crippen molar-refractivity contribution in [2.75, 3.05) is 0 Å². The van der Waals surface area contributed by atoms with E-state index in [0.717, 1.165) is 6.07 Å². The molecule has 1 atom stereocenters. The minimum absolute atomic E-state index is 0.0418. The van der Waals surface area contributed by atoms with Gasteiger partial charge in [0.2, 0.25) is 0 Å². The number of benzene rings is 1. The van der Waals surface area contributed by atoms with Gasteiger partial charge in [-0.1, -0.05) is 0 Å². The molecule has 0 amide bonds. The number of carboxylic acids is 1. The number of nitriles is 1. The van der Waals surface area contributed by atoms with Gasteiger partial charge in [0.15, 0.2) is 6.10 Å². The second-order valence-corrected chi connectivity index (χ2v) is 3.25. The van der Waals surface area contributed by atoms with Gasteiger partial charge in [-0.3, -0.25) is 0 Å². The van der Waals surface area contributed by atoms with Crippen LogP contribution in [0.15, 0.2) is 18.2 Å². The summed E-state index contributed by atoms with van der Waals surface area (Å²) in [6.45, 7) is 1.34. The van der Waals surface area contributed by atoms with E-state index >= 15 is 0 Å². The van der Waals surface area contributed by atoms with Crippen molar-refractivity contribution in [1.82, 2.24) is 0 Å². The maximum atomic E-state index is 13.0. The molecule has 1 N–H and O–H groups in total. The van der Waals surface area contributed by atoms with Crippen LogP contribution in [0.5, 0.6) is 0 Å². The highest BCUT2D eigenvalue weighted by Gasteiger charge is 2.11. The molecule has 84 valence electrons. The predicted octanol–water partition coefficient (Wildman–Crippen LogP) is 1.69. The van der Waals surface area contributed by atoms with Crippen LogP contribution in [0.25, 0.3) is 0 Å². The zero-order valence-corrected chi connectivity index (χ0v) is 8.61. The van der Waals surface area contributed by atoms with E-state index in [4.69, 9.17) is 15.1 Å². The van der Waals surface area contributed by atoms with E-state index < -0.39 is 17.9 Å². The van der Waals surface area contributed by atoms with E-state index in [1.165, 1.54) is 19.1 Å². The van der Waals surface area contributed by atoms with E-state index in [0.29, 0.717) is 5.56 Å². The Morgan fingerprint density at radius 3 is 2.88 bits per heavy atom. The molecule has 0 radical (unpaired) electrons. The molecule has 1 aromatic rings. The van der Waals surface area contributed by atoms with E-state index in [2.05, 4.69) is 0 Å². The summed E-state index contributed by atoms with van der Waals surface area (Å²) in [7, 11) is 0. The summed E-state index contributed by atoms with van der Waals surface area (Å²) >= 11 is 0. The normalized spacial score (nSPS) is 11.8. The highest BCUT2D eigenvalue weighted by molar-refractivity contribution is 5.71. The summed E-state index contributed by atoms with van der Waals surface area (Å²) < 4.78 is 17.9. The second-order valence-electron chi connectivity index (χ2n) is 3.25. The number of halogens is 1. The topological polar surface area (TPSA) is 70.3 Å². The Balaban J connectivity index is 2.71. The molecule has 1 rings (SSSR count). The van der Waals surface area contributed by atoms with E-state index in [1.54, 1.807) is 6.07 Å². The lowest BCUT2D eigenvalue weighted by Gasteiger charge is -2.08. The first-order chi connectivity index (χ1) is 7.52. The lowest BCUT2D eigenvalue weighted by molar-refractivity contribution is -0.149. The van der Waals surface area contributed by atoms with Crippen molar-refractivity contribution in [3.05, 3.63) is 35.1 Å². The van der Waals surface area contributed by atoms with Crippen LogP contribution in [-0.2, 0) is 16.1 Å². The lowest BCUT2D eigenvalue weighted by Crippen LogP contribution is -2.19. The number of hydrogen-bond donors (Lipinski definition) is 1. The molecule has 0 aliphatic carbocycles. The molecule has 0 aliphatic rings. The predicted molar refractivity (Wildman–Crippen MR) is 53.0 cm³/mol. The fourth-order valence-corrected chi connectivity index (χ4v) is 1.09. The molecule has 1 aromatic carbocycles. The number of carbonyl (C=O) groups is 1. The van der Waals surface area contributed by atoms with Crippen LogP contribution in [0.4, 0.5) is 4.39 Å². The Labute approximate surface area is 91.9 Å². The Morgan fingerprint density at radius 1 is 1.62 bits per heavy atom. The molecule has 5 heteroatoms. The van der Waals surface area contributed by atoms with Gasteiger partial charge in [0.05, 0.1) is 18.2 Å². The molecule has 0 spiro atoms. The molecular formula is C11H10FNO3. The Hall–Kier alpha value is -1.93. The van der Waals surface area contributed by atoms with E-state index in [9.17, 15) is 9.18 Å². The summed E-state index contributed by atoms with van der Waals surface area (Å²) in [5.41, 5.74) is 0.617. The summed E-state index contributed by atoms with van der Waals surface area (Å²) in [4.78, 5) is 10.5. The highest BCUT2D eigenvalue weighted by Crippen LogP contribution is 2.10. The molecule has 0 saturated heterocycles. The standard InChI is InChI=1S/C11H10FNO3/c1-7(11(14)15)16-6-9-2-8(5-13)3-10(12)4-9/h2-4,7H,6H2,1H3,(H,14,15)/t7-/m0/s1. The number of nitrogens with zero attached hydrogens (tertiary/aromatic N) is 1. The van der Waals surface area contributed by atoms with Gasteiger partial charge in [-0.15, -0.1) is 0 Å². The van der Waals surface area contributed by atoms with Gasteiger partial charge in [0, 0.05) is 0 Å². The van der Waals surface area contributed by atoms with Gasteiger partial charge in [-0.25, -0.2) is 9.18 Å². The van der Waals surface area contributed by atoms with Crippen molar-refractivity contribution in [1.29, 1.82) is 5.26 Å². The summed E-state index contributed by atoms with van der Waals surface area (Å²) in [6, 6.07) is 5.57. The third-order valence-corrected chi connectivity index (χ3v) is 1.93. The number of aliphatic carboxylic acids is 1. The van der Waals surface area contributed by atoms with Crippen molar-refractivity contribution < 1.29 is 19.0 Å². The van der Waals surface area contributed by atoms with Crippen LogP contribution < -0.4 is 0 Å². The zero-order chi connectivity index (χ0) is 12.1. The first-order valence-electron chi connectivity index (χ1n) is 4.57. The van der Waals surface area contributed by atoms with Crippen LogP contribution in [0.3, 0.4) is 0 Å². The molecule has 0 heterocycles. The van der Waals surface area contributed by atoms with Crippen molar-refractivity contribution in [2.45, 2.75) is 19.6 Å². The fraction of sp³-hybridized carbons (Fsp3) is 0.273. The van der Waals surface area contributed by atoms with Crippen molar-refractivity contribution >= 4 is 5.97 Å². The first-order valence-corrected chi connectivity index (χ1v) is 4.57. The van der Waals surface area contributed by atoms with E-state index in [1.807, 2.05) is 0 Å². The van der Waals surface area contributed by atoms with Gasteiger partial charge >= 0.3 is 5.97 Å². The number of ether oxygens (including phenoxy) is 1. The maximum absolute atomic E-state index is 13.0. The Kier molecular flexibility index (Phi) is 3.97. The van der Waals surface area contributed by atoms with E-state index in [-0.39, 0.29) is 12.2 Å². The smallest absolute Gasteiger partial charge is 0.332 e. The monoisotopic (exact) mass is 223 g/mol. The summed E-state index contributed by atoms with van der Waals surface area (Å²) in [5, 5.41) is 17.2.